The van der Waals surface area contributed by atoms with Crippen LogP contribution < -0.4 is 5.32 Å². The molecular weight excluding hydrogens is 757 g/mol. The van der Waals surface area contributed by atoms with Gasteiger partial charge in [0.1, 0.15) is 30.3 Å². The Morgan fingerprint density at radius 2 is 1.81 bits per heavy atom. The zero-order chi connectivity index (χ0) is 42.9. The number of alkyl halides is 1. The van der Waals surface area contributed by atoms with Gasteiger partial charge in [-0.25, -0.2) is 14.0 Å². The van der Waals surface area contributed by atoms with Crippen LogP contribution in [0.2, 0.25) is 0 Å². The number of fused-ring (bicyclic) bond motifs is 1. The Balaban J connectivity index is 1.56. The highest BCUT2D eigenvalue weighted by Crippen LogP contribution is 2.41. The Labute approximate surface area is 338 Å². The van der Waals surface area contributed by atoms with Crippen molar-refractivity contribution in [3.63, 3.8) is 0 Å². The number of nitrogens with zero attached hydrogens (tertiary/aromatic N) is 6. The number of aliphatic hydroxyl groups is 1. The molecule has 0 spiro atoms. The van der Waals surface area contributed by atoms with Crippen LogP contribution in [0.1, 0.15) is 80.2 Å². The molecule has 3 aliphatic heterocycles. The fourth-order valence-corrected chi connectivity index (χ4v) is 8.46. The SMILES string of the molecule is CC[C@H]1OC(=O)[C@@](C)(F)C(=O)[C@H](C)[C@@H](O[C@@H]2O[C@H](C)C[C@H](N(C)C)[C@H]2O)[C@@](C)(OCC#Cc2ccc(-c3nnn(C)n3)nc2)C[C@@H](C)C(=O)[C@H](C)[C@H]2NC(=O)O[C@@]21C. The highest BCUT2D eigenvalue weighted by Gasteiger charge is 2.59. The number of Topliss-reactive ketones (excluding diaryl/α,β-unsaturated/α-hetero) is 2. The van der Waals surface area contributed by atoms with Gasteiger partial charge in [-0.3, -0.25) is 14.6 Å². The molecule has 58 heavy (non-hydrogen) atoms. The van der Waals surface area contributed by atoms with Crippen molar-refractivity contribution >= 4 is 23.6 Å². The van der Waals surface area contributed by atoms with Gasteiger partial charge < -0.3 is 39.0 Å². The van der Waals surface area contributed by atoms with Gasteiger partial charge in [0.05, 0.1) is 30.9 Å². The van der Waals surface area contributed by atoms with E-state index >= 15 is 4.39 Å². The number of esters is 1. The maximum Gasteiger partial charge on any atom is 0.408 e. The minimum Gasteiger partial charge on any atom is -0.455 e. The summed E-state index contributed by atoms with van der Waals surface area (Å²) in [5.74, 6) is 0.132. The summed E-state index contributed by atoms with van der Waals surface area (Å²) < 4.78 is 47.4. The number of alkyl carbamates (subject to hydrolysis) is 1. The van der Waals surface area contributed by atoms with Gasteiger partial charge >= 0.3 is 12.1 Å². The van der Waals surface area contributed by atoms with Crippen LogP contribution in [0.15, 0.2) is 18.3 Å². The summed E-state index contributed by atoms with van der Waals surface area (Å²) in [7, 11) is 5.25. The Hall–Kier alpha value is -4.41. The van der Waals surface area contributed by atoms with Crippen LogP contribution >= 0.6 is 0 Å². The second-order valence-electron chi connectivity index (χ2n) is 16.5. The number of halogens is 1. The molecule has 17 nitrogen and oxygen atoms in total. The number of amides is 1. The first-order chi connectivity index (χ1) is 27.1. The Morgan fingerprint density at radius 1 is 1.10 bits per heavy atom. The molecule has 3 saturated heterocycles. The van der Waals surface area contributed by atoms with E-state index < -0.39 is 89.2 Å². The van der Waals surface area contributed by atoms with Crippen LogP contribution in [0.25, 0.3) is 11.5 Å². The maximum atomic E-state index is 16.9. The number of likely N-dealkylation sites (N-methyl/N-ethyl adjacent to an activating group) is 1. The van der Waals surface area contributed by atoms with Crippen LogP contribution in [-0.2, 0) is 45.1 Å². The first-order valence-corrected chi connectivity index (χ1v) is 19.6. The van der Waals surface area contributed by atoms with Crippen LogP contribution in [-0.4, -0.2) is 139 Å². The standard InChI is InChI=1S/C40H56FN7O10/c1-12-28-40(8)31(43-37(53)58-40)23(4)29(49)21(2)19-38(6,54-17-13-14-25-15-16-26(42-20-25)34-44-46-48(11)45-34)33(24(5)32(51)39(7,41)36(52)56-28)57-35-30(50)27(47(9)10)18-22(3)55-35/h15-16,20-24,27-28,30-31,33,35,50H,12,17-19H2,1-11H3,(H,43,53)/t21-,22-,23+,24+,27+,28-,30-,31-,33-,35+,38+,39+,40-/m1/s1. The average Bonchev–Trinajstić information content (AvgIpc) is 3.75. The molecule has 18 heteroatoms. The number of aromatic nitrogens is 5. The zero-order valence-corrected chi connectivity index (χ0v) is 35.0. The molecule has 0 radical (unpaired) electrons. The van der Waals surface area contributed by atoms with Crippen LogP contribution in [0.5, 0.6) is 0 Å². The molecule has 3 aliphatic rings. The normalized spacial score (nSPS) is 37.6. The number of ether oxygens (including phenoxy) is 5. The van der Waals surface area contributed by atoms with Gasteiger partial charge in [-0.2, -0.15) is 4.80 Å². The molecule has 5 rings (SSSR count). The number of nitrogens with one attached hydrogen (secondary N) is 1. The van der Waals surface area contributed by atoms with Crippen molar-refractivity contribution in [3.8, 4) is 23.4 Å². The molecule has 5 heterocycles. The average molecular weight is 814 g/mol. The van der Waals surface area contributed by atoms with E-state index in [1.807, 2.05) is 11.8 Å². The van der Waals surface area contributed by atoms with Gasteiger partial charge in [0.25, 0.3) is 5.67 Å². The van der Waals surface area contributed by atoms with Gasteiger partial charge in [-0.1, -0.05) is 39.5 Å². The van der Waals surface area contributed by atoms with Crippen LogP contribution in [0, 0.1) is 29.6 Å². The lowest BCUT2D eigenvalue weighted by atomic mass is 9.73. The molecule has 1 amide bonds. The molecule has 13 atom stereocenters. The maximum absolute atomic E-state index is 16.9. The summed E-state index contributed by atoms with van der Waals surface area (Å²) in [6.07, 6.45) is -4.43. The number of carbonyl (C=O) groups excluding carboxylic acids is 4. The van der Waals surface area contributed by atoms with E-state index in [-0.39, 0.29) is 31.3 Å². The Bertz CT molecular complexity index is 1900. The van der Waals surface area contributed by atoms with Crippen molar-refractivity contribution < 1.29 is 52.4 Å². The summed E-state index contributed by atoms with van der Waals surface area (Å²) in [5, 5.41) is 26.2. The van der Waals surface area contributed by atoms with Crippen molar-refractivity contribution in [2.75, 3.05) is 20.7 Å². The Kier molecular flexibility index (Phi) is 13.4. The van der Waals surface area contributed by atoms with E-state index in [4.69, 9.17) is 23.7 Å². The monoisotopic (exact) mass is 813 g/mol. The first kappa shape index (κ1) is 44.7. The number of ketones is 2. The highest BCUT2D eigenvalue weighted by atomic mass is 19.1. The molecule has 0 unspecified atom stereocenters. The van der Waals surface area contributed by atoms with E-state index in [9.17, 15) is 24.3 Å². The van der Waals surface area contributed by atoms with Crippen molar-refractivity contribution in [2.24, 2.45) is 24.8 Å². The number of hydrogen-bond donors (Lipinski definition) is 2. The number of cyclic esters (lactones) is 1. The fourth-order valence-electron chi connectivity index (χ4n) is 8.46. The summed E-state index contributed by atoms with van der Waals surface area (Å²) in [4.78, 5) is 62.7. The summed E-state index contributed by atoms with van der Waals surface area (Å²) in [6, 6.07) is 2.01. The lowest BCUT2D eigenvalue weighted by molar-refractivity contribution is -0.296. The van der Waals surface area contributed by atoms with Gasteiger partial charge in [0.15, 0.2) is 17.7 Å². The van der Waals surface area contributed by atoms with Gasteiger partial charge in [-0.05, 0) is 78.4 Å². The molecule has 2 aromatic heterocycles. The number of rotatable bonds is 7. The van der Waals surface area contributed by atoms with Crippen molar-refractivity contribution in [3.05, 3.63) is 23.9 Å². The van der Waals surface area contributed by atoms with Crippen LogP contribution in [0.4, 0.5) is 9.18 Å². The number of hydrogen-bond acceptors (Lipinski definition) is 15. The van der Waals surface area contributed by atoms with Gasteiger partial charge in [0, 0.05) is 35.6 Å². The predicted octanol–water partition coefficient (Wildman–Crippen LogP) is 2.58. The number of aryl methyl sites for hydroxylation is 1. The Morgan fingerprint density at radius 3 is 2.41 bits per heavy atom. The third-order valence-electron chi connectivity index (χ3n) is 11.7. The molecule has 0 aromatic carbocycles. The summed E-state index contributed by atoms with van der Waals surface area (Å²) >= 11 is 0. The second kappa shape index (κ2) is 17.4. The minimum absolute atomic E-state index is 0.0733. The van der Waals surface area contributed by atoms with E-state index in [1.54, 1.807) is 61.0 Å². The molecule has 2 aromatic rings. The molecule has 318 valence electrons. The van der Waals surface area contributed by atoms with E-state index in [2.05, 4.69) is 37.6 Å². The molecule has 3 fully saturated rings. The van der Waals surface area contributed by atoms with E-state index in [0.717, 1.165) is 6.92 Å². The molecule has 2 N–H and O–H groups in total. The quantitative estimate of drug-likeness (QED) is 0.234. The lowest BCUT2D eigenvalue weighted by Crippen LogP contribution is -2.61. The summed E-state index contributed by atoms with van der Waals surface area (Å²) in [6.45, 7) is 11.9. The molecule has 0 bridgehead atoms. The molecule has 0 aliphatic carbocycles. The third kappa shape index (κ3) is 9.08. The first-order valence-electron chi connectivity index (χ1n) is 19.6. The number of carbonyl (C=O) groups is 4. The predicted molar refractivity (Wildman–Crippen MR) is 204 cm³/mol. The third-order valence-corrected chi connectivity index (χ3v) is 11.7. The topological polar surface area (TPSA) is 206 Å². The molecular formula is C40H56FN7O10. The van der Waals surface area contributed by atoms with Crippen LogP contribution in [0.3, 0.4) is 0 Å². The van der Waals surface area contributed by atoms with Gasteiger partial charge in [-0.15, -0.1) is 10.2 Å². The largest absolute Gasteiger partial charge is 0.455 e. The summed E-state index contributed by atoms with van der Waals surface area (Å²) in [5.41, 5.74) is -5.41. The smallest absolute Gasteiger partial charge is 0.408 e. The minimum atomic E-state index is -3.22. The van der Waals surface area contributed by atoms with Gasteiger partial charge in [0.2, 0.25) is 5.82 Å². The van der Waals surface area contributed by atoms with Crippen molar-refractivity contribution in [1.29, 1.82) is 0 Å². The van der Waals surface area contributed by atoms with E-state index in [0.29, 0.717) is 23.5 Å². The number of aliphatic hydroxyl groups excluding tert-OH is 1. The van der Waals surface area contributed by atoms with Crippen molar-refractivity contribution in [1.82, 2.24) is 35.4 Å². The fraction of sp³-hybridized carbons (Fsp3) is 0.700. The molecule has 0 saturated carbocycles. The lowest BCUT2D eigenvalue weighted by Gasteiger charge is -2.47. The second-order valence-corrected chi connectivity index (χ2v) is 16.5. The number of pyridine rings is 1. The number of tetrazole rings is 1. The zero-order valence-electron chi connectivity index (χ0n) is 35.0. The highest BCUT2D eigenvalue weighted by molar-refractivity contribution is 6.08. The van der Waals surface area contributed by atoms with E-state index in [1.165, 1.54) is 24.8 Å². The van der Waals surface area contributed by atoms with Crippen molar-refractivity contribution in [2.45, 2.75) is 134 Å².